The highest BCUT2D eigenvalue weighted by atomic mass is 16.3. The number of hydrogen-bond acceptors (Lipinski definition) is 4. The number of hydrogen-bond donors (Lipinski definition) is 1. The molecule has 2 N–H and O–H groups in total. The van der Waals surface area contributed by atoms with E-state index in [4.69, 9.17) is 5.73 Å². The molecule has 1 radical (unpaired) electrons. The van der Waals surface area contributed by atoms with Gasteiger partial charge in [-0.15, -0.1) is 0 Å². The molecule has 3 rings (SSSR count). The lowest BCUT2D eigenvalue weighted by atomic mass is 9.85. The molecule has 1 fully saturated rings. The summed E-state index contributed by atoms with van der Waals surface area (Å²) in [6.07, 6.45) is 9.74. The van der Waals surface area contributed by atoms with Crippen LogP contribution in [0.5, 0.6) is 5.75 Å². The zero-order valence-corrected chi connectivity index (χ0v) is 11.9. The van der Waals surface area contributed by atoms with E-state index in [2.05, 4.69) is 10.1 Å². The van der Waals surface area contributed by atoms with E-state index in [0.29, 0.717) is 5.65 Å². The summed E-state index contributed by atoms with van der Waals surface area (Å²) in [6.45, 7) is 0. The van der Waals surface area contributed by atoms with Crippen LogP contribution in [0.25, 0.3) is 5.65 Å². The molecule has 0 bridgehead atoms. The van der Waals surface area contributed by atoms with Crippen LogP contribution in [-0.2, 0) is 6.42 Å². The summed E-state index contributed by atoms with van der Waals surface area (Å²) in [5, 5.41) is 13.9. The molecule has 21 heavy (non-hydrogen) atoms. The van der Waals surface area contributed by atoms with Crippen molar-refractivity contribution in [1.29, 1.82) is 0 Å². The van der Waals surface area contributed by atoms with Gasteiger partial charge in [-0.2, -0.15) is 5.10 Å². The molecule has 0 atom stereocenters. The molecule has 0 saturated heterocycles. The molecule has 1 saturated carbocycles. The van der Waals surface area contributed by atoms with Crippen molar-refractivity contribution >= 4 is 11.6 Å². The summed E-state index contributed by atoms with van der Waals surface area (Å²) in [6, 6.07) is 1.56. The van der Waals surface area contributed by atoms with E-state index in [9.17, 15) is 9.90 Å². The highest BCUT2D eigenvalue weighted by molar-refractivity contribution is 5.94. The molecule has 2 heterocycles. The van der Waals surface area contributed by atoms with Gasteiger partial charge in [0.1, 0.15) is 12.1 Å². The Morgan fingerprint density at radius 3 is 2.86 bits per heavy atom. The molecule has 0 spiro atoms. The number of nitrogens with one attached hydrogen (secondary N) is 1. The summed E-state index contributed by atoms with van der Waals surface area (Å²) in [4.78, 5) is 15.5. The Hall–Kier alpha value is -2.11. The van der Waals surface area contributed by atoms with Gasteiger partial charge in [0.2, 0.25) is 0 Å². The van der Waals surface area contributed by atoms with Gasteiger partial charge in [0.05, 0.1) is 0 Å². The van der Waals surface area contributed by atoms with Crippen LogP contribution in [0.3, 0.4) is 0 Å². The van der Waals surface area contributed by atoms with Gasteiger partial charge < -0.3 is 5.11 Å². The number of fused-ring (bicyclic) bond motifs is 1. The number of aromatic nitrogens is 3. The summed E-state index contributed by atoms with van der Waals surface area (Å²) >= 11 is 0. The van der Waals surface area contributed by atoms with Crippen LogP contribution >= 0.6 is 0 Å². The standard InChI is InChI=1S/C15H19N4O2/c16-14(21)13-12(20)8-11(15-17-9-18-19(13)15)7-6-10-4-2-1-3-5-10/h8-10,16,20H,1-7H2. The van der Waals surface area contributed by atoms with Crippen molar-refractivity contribution in [2.75, 3.05) is 0 Å². The molecule has 2 aromatic rings. The van der Waals surface area contributed by atoms with E-state index in [1.165, 1.54) is 42.9 Å². The van der Waals surface area contributed by atoms with Crippen LogP contribution in [0, 0.1) is 5.92 Å². The Morgan fingerprint density at radius 2 is 2.14 bits per heavy atom. The second-order valence-corrected chi connectivity index (χ2v) is 5.77. The third kappa shape index (κ3) is 2.70. The summed E-state index contributed by atoms with van der Waals surface area (Å²) in [7, 11) is 0. The average Bonchev–Trinajstić information content (AvgIpc) is 2.94. The monoisotopic (exact) mass is 287 g/mol. The molecular weight excluding hydrogens is 268 g/mol. The average molecular weight is 287 g/mol. The number of pyridine rings is 1. The van der Waals surface area contributed by atoms with E-state index in [-0.39, 0.29) is 11.4 Å². The summed E-state index contributed by atoms with van der Waals surface area (Å²) in [5.41, 5.74) is 8.56. The fourth-order valence-corrected chi connectivity index (χ4v) is 3.26. The zero-order chi connectivity index (χ0) is 14.8. The molecule has 0 unspecified atom stereocenters. The predicted molar refractivity (Wildman–Crippen MR) is 77.0 cm³/mol. The predicted octanol–water partition coefficient (Wildman–Crippen LogP) is 2.37. The first kappa shape index (κ1) is 13.9. The summed E-state index contributed by atoms with van der Waals surface area (Å²) < 4.78 is 1.28. The number of carbonyl (C=O) groups excluding carboxylic acids is 1. The van der Waals surface area contributed by atoms with E-state index in [0.717, 1.165) is 24.3 Å². The number of aromatic hydroxyl groups is 1. The number of amides is 1. The largest absolute Gasteiger partial charge is 0.505 e. The van der Waals surface area contributed by atoms with E-state index in [1.54, 1.807) is 6.07 Å². The second kappa shape index (κ2) is 5.71. The molecule has 1 aliphatic rings. The van der Waals surface area contributed by atoms with Crippen molar-refractivity contribution in [3.05, 3.63) is 23.7 Å². The van der Waals surface area contributed by atoms with E-state index >= 15 is 0 Å². The Labute approximate surface area is 123 Å². The van der Waals surface area contributed by atoms with Crippen LogP contribution in [0.2, 0.25) is 0 Å². The third-order valence-electron chi connectivity index (χ3n) is 4.36. The number of rotatable bonds is 4. The first-order valence-corrected chi connectivity index (χ1v) is 7.47. The molecule has 0 aromatic carbocycles. The van der Waals surface area contributed by atoms with Crippen LogP contribution in [0.15, 0.2) is 12.4 Å². The fraction of sp³-hybridized carbons (Fsp3) is 0.533. The number of aryl methyl sites for hydroxylation is 1. The maximum atomic E-state index is 11.3. The SMILES string of the molecule is [NH]C(=O)c1c(O)cc(CCC2CCCCC2)c2ncnn12. The molecular formula is C15H19N4O2. The van der Waals surface area contributed by atoms with Gasteiger partial charge in [0.25, 0.3) is 5.91 Å². The van der Waals surface area contributed by atoms with Gasteiger partial charge in [-0.25, -0.2) is 9.50 Å². The van der Waals surface area contributed by atoms with Gasteiger partial charge in [0, 0.05) is 5.56 Å². The molecule has 1 aliphatic carbocycles. The second-order valence-electron chi connectivity index (χ2n) is 5.77. The van der Waals surface area contributed by atoms with Crippen LogP contribution < -0.4 is 5.73 Å². The van der Waals surface area contributed by atoms with Gasteiger partial charge in [-0.1, -0.05) is 32.1 Å². The molecule has 6 heteroatoms. The number of nitrogens with zero attached hydrogens (tertiary/aromatic N) is 3. The Bertz CT molecular complexity index is 659. The van der Waals surface area contributed by atoms with E-state index < -0.39 is 5.91 Å². The molecule has 2 aromatic heterocycles. The van der Waals surface area contributed by atoms with Crippen molar-refractivity contribution in [2.24, 2.45) is 5.92 Å². The molecule has 0 aliphatic heterocycles. The third-order valence-corrected chi connectivity index (χ3v) is 4.36. The minimum Gasteiger partial charge on any atom is -0.505 e. The first-order valence-electron chi connectivity index (χ1n) is 7.47. The Balaban J connectivity index is 1.87. The van der Waals surface area contributed by atoms with Gasteiger partial charge in [0.15, 0.2) is 11.3 Å². The molecule has 1 amide bonds. The van der Waals surface area contributed by atoms with Crippen LogP contribution in [0.4, 0.5) is 0 Å². The Kier molecular flexibility index (Phi) is 3.77. The molecule has 6 nitrogen and oxygen atoms in total. The van der Waals surface area contributed by atoms with Crippen molar-refractivity contribution in [1.82, 2.24) is 20.3 Å². The van der Waals surface area contributed by atoms with Crippen LogP contribution in [0.1, 0.15) is 54.6 Å². The van der Waals surface area contributed by atoms with Crippen molar-refractivity contribution < 1.29 is 9.90 Å². The molecule has 111 valence electrons. The lowest BCUT2D eigenvalue weighted by Gasteiger charge is -2.21. The topological polar surface area (TPSA) is 91.3 Å². The maximum Gasteiger partial charge on any atom is 0.292 e. The first-order chi connectivity index (χ1) is 10.2. The maximum absolute atomic E-state index is 11.3. The van der Waals surface area contributed by atoms with Gasteiger partial charge in [-0.3, -0.25) is 10.5 Å². The van der Waals surface area contributed by atoms with Crippen molar-refractivity contribution in [3.8, 4) is 5.75 Å². The highest BCUT2D eigenvalue weighted by Crippen LogP contribution is 2.29. The lowest BCUT2D eigenvalue weighted by molar-refractivity contribution is 0.0982. The van der Waals surface area contributed by atoms with Crippen molar-refractivity contribution in [3.63, 3.8) is 0 Å². The fourth-order valence-electron chi connectivity index (χ4n) is 3.26. The van der Waals surface area contributed by atoms with Gasteiger partial charge >= 0.3 is 0 Å². The smallest absolute Gasteiger partial charge is 0.292 e. The lowest BCUT2D eigenvalue weighted by Crippen LogP contribution is -2.11. The minimum atomic E-state index is -0.957. The Morgan fingerprint density at radius 1 is 1.38 bits per heavy atom. The summed E-state index contributed by atoms with van der Waals surface area (Å²) in [5.74, 6) is -0.408. The van der Waals surface area contributed by atoms with E-state index in [1.807, 2.05) is 0 Å². The minimum absolute atomic E-state index is 0.121. The zero-order valence-electron chi connectivity index (χ0n) is 11.9. The normalized spacial score (nSPS) is 16.4. The quantitative estimate of drug-likeness (QED) is 0.934. The number of carbonyl (C=O) groups is 1. The van der Waals surface area contributed by atoms with Crippen molar-refractivity contribution in [2.45, 2.75) is 44.9 Å². The highest BCUT2D eigenvalue weighted by Gasteiger charge is 2.19. The van der Waals surface area contributed by atoms with Crippen LogP contribution in [-0.4, -0.2) is 25.6 Å². The van der Waals surface area contributed by atoms with Gasteiger partial charge in [-0.05, 0) is 24.8 Å².